The lowest BCUT2D eigenvalue weighted by Gasteiger charge is -2.32. The minimum absolute atomic E-state index is 0.0365. The van der Waals surface area contributed by atoms with Gasteiger partial charge in [-0.05, 0) is 48.0 Å². The van der Waals surface area contributed by atoms with Gasteiger partial charge in [0.25, 0.3) is 0 Å². The van der Waals surface area contributed by atoms with E-state index in [0.717, 1.165) is 50.4 Å². The summed E-state index contributed by atoms with van der Waals surface area (Å²) in [6.45, 7) is 14.2. The highest BCUT2D eigenvalue weighted by atomic mass is 16.6. The van der Waals surface area contributed by atoms with Crippen molar-refractivity contribution in [1.82, 2.24) is 4.90 Å². The summed E-state index contributed by atoms with van der Waals surface area (Å²) in [4.78, 5) is 8.09. The van der Waals surface area contributed by atoms with Crippen LogP contribution in [0.1, 0.15) is 39.2 Å². The van der Waals surface area contributed by atoms with Crippen LogP contribution in [0.5, 0.6) is 0 Å². The topological polar surface area (TPSA) is 34.1 Å². The van der Waals surface area contributed by atoms with Gasteiger partial charge in [0.05, 0.1) is 18.9 Å². The van der Waals surface area contributed by atoms with Gasteiger partial charge >= 0.3 is 0 Å². The zero-order valence-electron chi connectivity index (χ0n) is 16.2. The monoisotopic (exact) mass is 354 g/mol. The first-order valence-electron chi connectivity index (χ1n) is 9.44. The molecule has 1 aliphatic carbocycles. The molecule has 0 N–H and O–H groups in total. The number of rotatable bonds is 5. The van der Waals surface area contributed by atoms with Crippen molar-refractivity contribution in [2.45, 2.75) is 39.8 Å². The quantitative estimate of drug-likeness (QED) is 0.730. The van der Waals surface area contributed by atoms with Crippen molar-refractivity contribution in [2.24, 2.45) is 10.6 Å². The second kappa shape index (κ2) is 8.19. The summed E-state index contributed by atoms with van der Waals surface area (Å²) in [5.41, 5.74) is 4.62. The average Bonchev–Trinajstić information content (AvgIpc) is 2.65. The summed E-state index contributed by atoms with van der Waals surface area (Å²) in [5, 5.41) is 4.50. The largest absolute Gasteiger partial charge is 0.379 e. The Kier molecular flexibility index (Phi) is 5.94. The number of hydrogen-bond donors (Lipinski definition) is 0. The first-order chi connectivity index (χ1) is 12.4. The molecule has 0 radical (unpaired) electrons. The fourth-order valence-corrected chi connectivity index (χ4v) is 3.60. The molecule has 1 heterocycles. The summed E-state index contributed by atoms with van der Waals surface area (Å²) in [6.07, 6.45) is 4.03. The number of nitrogens with zero attached hydrogens (tertiary/aromatic N) is 2. The van der Waals surface area contributed by atoms with Gasteiger partial charge in [0.15, 0.2) is 6.23 Å². The third-order valence-corrected chi connectivity index (χ3v) is 5.06. The van der Waals surface area contributed by atoms with E-state index in [1.165, 1.54) is 11.1 Å². The molecule has 0 aromatic heterocycles. The standard InChI is InChI=1S/C22H30N2O2/c1-17(19-8-6-5-7-9-19)20-14-21(16-22(3,4)15-20)23-26-18(2)24-10-12-25-13-11-24/h5-9,14,18H,1,10-13,15-16H2,2-4H3/b23-21-. The van der Waals surface area contributed by atoms with E-state index in [2.05, 4.69) is 67.7 Å². The van der Waals surface area contributed by atoms with Gasteiger partial charge in [-0.3, -0.25) is 4.90 Å². The molecule has 4 nitrogen and oxygen atoms in total. The van der Waals surface area contributed by atoms with E-state index in [1.54, 1.807) is 0 Å². The highest BCUT2D eigenvalue weighted by Gasteiger charge is 2.28. The molecule has 1 unspecified atom stereocenters. The highest BCUT2D eigenvalue weighted by molar-refractivity contribution is 6.00. The van der Waals surface area contributed by atoms with E-state index in [9.17, 15) is 0 Å². The Hall–Kier alpha value is -1.91. The van der Waals surface area contributed by atoms with E-state index in [0.29, 0.717) is 0 Å². The van der Waals surface area contributed by atoms with Crippen LogP contribution in [0.4, 0.5) is 0 Å². The molecule has 1 saturated heterocycles. The molecule has 26 heavy (non-hydrogen) atoms. The Morgan fingerprint density at radius 3 is 2.58 bits per heavy atom. The normalized spacial score (nSPS) is 23.3. The minimum atomic E-state index is -0.0365. The lowest BCUT2D eigenvalue weighted by molar-refractivity contribution is -0.0858. The molecule has 1 aromatic carbocycles. The minimum Gasteiger partial charge on any atom is -0.379 e. The maximum atomic E-state index is 5.83. The van der Waals surface area contributed by atoms with Crippen molar-refractivity contribution < 1.29 is 9.57 Å². The van der Waals surface area contributed by atoms with Crippen LogP contribution in [0.25, 0.3) is 5.57 Å². The van der Waals surface area contributed by atoms with E-state index >= 15 is 0 Å². The first-order valence-corrected chi connectivity index (χ1v) is 9.44. The molecule has 1 atom stereocenters. The Balaban J connectivity index is 1.74. The van der Waals surface area contributed by atoms with Gasteiger partial charge in [0.1, 0.15) is 0 Å². The first kappa shape index (κ1) is 18.9. The Bertz CT molecular complexity index is 685. The van der Waals surface area contributed by atoms with Crippen molar-refractivity contribution in [3.05, 3.63) is 54.1 Å². The smallest absolute Gasteiger partial charge is 0.178 e. The van der Waals surface area contributed by atoms with Crippen LogP contribution in [-0.2, 0) is 9.57 Å². The van der Waals surface area contributed by atoms with Crippen molar-refractivity contribution in [3.8, 4) is 0 Å². The summed E-state index contributed by atoms with van der Waals surface area (Å²) in [5.74, 6) is 0. The molecule has 1 aromatic rings. The highest BCUT2D eigenvalue weighted by Crippen LogP contribution is 2.39. The average molecular weight is 354 g/mol. The Morgan fingerprint density at radius 1 is 1.19 bits per heavy atom. The van der Waals surface area contributed by atoms with Gasteiger partial charge < -0.3 is 9.57 Å². The molecule has 1 fully saturated rings. The van der Waals surface area contributed by atoms with E-state index in [1.807, 2.05) is 6.07 Å². The maximum absolute atomic E-state index is 5.83. The number of oxime groups is 1. The molecule has 1 aliphatic heterocycles. The van der Waals surface area contributed by atoms with Gasteiger partial charge in [-0.25, -0.2) is 0 Å². The van der Waals surface area contributed by atoms with E-state index in [-0.39, 0.29) is 11.6 Å². The predicted molar refractivity (Wildman–Crippen MR) is 107 cm³/mol. The molecule has 140 valence electrons. The number of ether oxygens (including phenoxy) is 1. The van der Waals surface area contributed by atoms with E-state index in [4.69, 9.17) is 9.57 Å². The molecule has 3 rings (SSSR count). The van der Waals surface area contributed by atoms with Crippen LogP contribution >= 0.6 is 0 Å². The van der Waals surface area contributed by atoms with Crippen LogP contribution in [0.15, 0.2) is 53.7 Å². The van der Waals surface area contributed by atoms with Gasteiger partial charge in [-0.2, -0.15) is 0 Å². The summed E-state index contributed by atoms with van der Waals surface area (Å²) >= 11 is 0. The van der Waals surface area contributed by atoms with Crippen molar-refractivity contribution >= 4 is 11.3 Å². The Labute approximate surface area is 157 Å². The molecule has 4 heteroatoms. The van der Waals surface area contributed by atoms with Crippen molar-refractivity contribution in [1.29, 1.82) is 0 Å². The molecular formula is C22H30N2O2. The van der Waals surface area contributed by atoms with Crippen molar-refractivity contribution in [3.63, 3.8) is 0 Å². The second-order valence-corrected chi connectivity index (χ2v) is 7.97. The van der Waals surface area contributed by atoms with E-state index < -0.39 is 0 Å². The number of allylic oxidation sites excluding steroid dienone is 3. The van der Waals surface area contributed by atoms with Gasteiger partial charge in [0.2, 0.25) is 0 Å². The third kappa shape index (κ3) is 4.83. The maximum Gasteiger partial charge on any atom is 0.178 e. The van der Waals surface area contributed by atoms with Crippen LogP contribution in [-0.4, -0.2) is 43.1 Å². The molecule has 0 bridgehead atoms. The van der Waals surface area contributed by atoms with Crippen LogP contribution < -0.4 is 0 Å². The summed E-state index contributed by atoms with van der Waals surface area (Å²) < 4.78 is 5.40. The number of hydrogen-bond acceptors (Lipinski definition) is 4. The SMILES string of the molecule is C=C(C1=C/C(=N/OC(C)N2CCOCC2)CC(C)(C)C1)c1ccccc1. The molecule has 0 spiro atoms. The fraction of sp³-hybridized carbons (Fsp3) is 0.500. The fourth-order valence-electron chi connectivity index (χ4n) is 3.60. The predicted octanol–water partition coefficient (Wildman–Crippen LogP) is 4.50. The third-order valence-electron chi connectivity index (χ3n) is 5.06. The lowest BCUT2D eigenvalue weighted by atomic mass is 9.74. The zero-order valence-corrected chi connectivity index (χ0v) is 16.2. The molecule has 2 aliphatic rings. The molecule has 0 amide bonds. The Morgan fingerprint density at radius 2 is 1.88 bits per heavy atom. The number of morpholine rings is 1. The van der Waals surface area contributed by atoms with Gasteiger partial charge in [-0.1, -0.05) is 55.9 Å². The van der Waals surface area contributed by atoms with Crippen LogP contribution in [0.2, 0.25) is 0 Å². The van der Waals surface area contributed by atoms with Gasteiger partial charge in [0, 0.05) is 13.1 Å². The second-order valence-electron chi connectivity index (χ2n) is 7.97. The number of benzene rings is 1. The van der Waals surface area contributed by atoms with Gasteiger partial charge in [-0.15, -0.1) is 0 Å². The van der Waals surface area contributed by atoms with Crippen molar-refractivity contribution in [2.75, 3.05) is 26.3 Å². The zero-order chi connectivity index (χ0) is 18.6. The van der Waals surface area contributed by atoms with Crippen LogP contribution in [0.3, 0.4) is 0 Å². The lowest BCUT2D eigenvalue weighted by Crippen LogP contribution is -2.42. The summed E-state index contributed by atoms with van der Waals surface area (Å²) in [7, 11) is 0. The molecule has 0 saturated carbocycles. The van der Waals surface area contributed by atoms with Crippen LogP contribution in [0, 0.1) is 5.41 Å². The summed E-state index contributed by atoms with van der Waals surface area (Å²) in [6, 6.07) is 10.4. The molecular weight excluding hydrogens is 324 g/mol.